The van der Waals surface area contributed by atoms with Gasteiger partial charge in [-0.3, -0.25) is 29.3 Å². The summed E-state index contributed by atoms with van der Waals surface area (Å²) >= 11 is 0. The SMILES string of the molecule is [O-]B([O-])[O-].[O-]B([O-])[O-].[O-]B([O-])[O-].[O-]B([O-])[O-].[Pr+3].[Pr+3].[Pr+3].[Pr+3]. The molecule has 20 heteroatoms. The van der Waals surface area contributed by atoms with Crippen LogP contribution in [0.1, 0.15) is 0 Å². The van der Waals surface area contributed by atoms with E-state index < -0.39 is 29.3 Å². The quantitative estimate of drug-likeness (QED) is 0.207. The van der Waals surface area contributed by atoms with E-state index >= 15 is 0 Å². The molecule has 20 heavy (non-hydrogen) atoms. The molecular weight excluding hydrogens is 799 g/mol. The molecule has 0 unspecified atom stereocenters. The van der Waals surface area contributed by atoms with E-state index in [0.29, 0.717) is 0 Å². The van der Waals surface area contributed by atoms with E-state index in [9.17, 15) is 0 Å². The first-order valence-corrected chi connectivity index (χ1v) is 2.83. The second-order valence-electron chi connectivity index (χ2n) is 1.15. The molecule has 0 aliphatic carbocycles. The Kier molecular flexibility index (Phi) is 110. The number of hydrogen-bond acceptors (Lipinski definition) is 12. The molecule has 0 saturated heterocycles. The summed E-state index contributed by atoms with van der Waals surface area (Å²) in [5.41, 5.74) is 0. The fraction of sp³-hybridized carbons (Fsp3) is 0. The Morgan fingerprint density at radius 1 is 0.250 bits per heavy atom. The van der Waals surface area contributed by atoms with Crippen molar-refractivity contribution in [1.29, 1.82) is 0 Å². The zero-order valence-electron chi connectivity index (χ0n) is 9.52. The van der Waals surface area contributed by atoms with Crippen LogP contribution in [0.15, 0.2) is 0 Å². The molecule has 0 aliphatic rings. The van der Waals surface area contributed by atoms with Gasteiger partial charge in [0.15, 0.2) is 0 Å². The molecule has 0 rings (SSSR count). The first-order valence-electron chi connectivity index (χ1n) is 2.83. The standard InChI is InChI=1S/4BO3.4Pr/c4*2-1(3)4;;;;/q4*-3;4*+3. The molecule has 0 aliphatic heterocycles. The molecule has 0 spiro atoms. The third-order valence-corrected chi connectivity index (χ3v) is 0. The van der Waals surface area contributed by atoms with Crippen molar-refractivity contribution in [3.05, 3.63) is 0 Å². The first kappa shape index (κ1) is 49.9. The molecule has 0 saturated carbocycles. The summed E-state index contributed by atoms with van der Waals surface area (Å²) in [4.78, 5) is 0. The van der Waals surface area contributed by atoms with Crippen molar-refractivity contribution in [2.45, 2.75) is 0 Å². The summed E-state index contributed by atoms with van der Waals surface area (Å²) < 4.78 is 0. The second-order valence-corrected chi connectivity index (χ2v) is 1.15. The average Bonchev–Trinajstić information content (AvgIpc) is 1.76. The van der Waals surface area contributed by atoms with E-state index in [2.05, 4.69) is 0 Å². The van der Waals surface area contributed by atoms with Gasteiger partial charge in [-0.2, -0.15) is 0 Å². The molecule has 0 radical (unpaired) electrons. The summed E-state index contributed by atoms with van der Waals surface area (Å²) in [5, 5.41) is 101. The first-order chi connectivity index (χ1) is 6.93. The van der Waals surface area contributed by atoms with Gasteiger partial charge in [0.05, 0.1) is 0 Å². The van der Waals surface area contributed by atoms with Crippen LogP contribution < -0.4 is 60.3 Å². The topological polar surface area (TPSA) is 277 Å². The molecule has 0 bridgehead atoms. The van der Waals surface area contributed by atoms with Crippen molar-refractivity contribution in [3.8, 4) is 0 Å². The maximum Gasteiger partial charge on any atom is 3.00 e. The molecule has 0 amide bonds. The Morgan fingerprint density at radius 2 is 0.250 bits per heavy atom. The van der Waals surface area contributed by atoms with Crippen LogP contribution in [0.4, 0.5) is 0 Å². The fourth-order valence-corrected chi connectivity index (χ4v) is 0. The van der Waals surface area contributed by atoms with Crippen molar-refractivity contribution in [2.75, 3.05) is 0 Å². The minimum Gasteiger partial charge on any atom is -0.907 e. The van der Waals surface area contributed by atoms with Crippen molar-refractivity contribution in [3.63, 3.8) is 0 Å². The Labute approximate surface area is 248 Å². The van der Waals surface area contributed by atoms with E-state index in [1.807, 2.05) is 0 Å². The molecule has 0 atom stereocenters. The van der Waals surface area contributed by atoms with Crippen molar-refractivity contribution in [1.82, 2.24) is 0 Å². The van der Waals surface area contributed by atoms with Gasteiger partial charge in [0.1, 0.15) is 0 Å². The molecule has 0 fully saturated rings. The van der Waals surface area contributed by atoms with E-state index in [4.69, 9.17) is 60.3 Å². The number of rotatable bonds is 0. The second kappa shape index (κ2) is 44.0. The maximum atomic E-state index is 8.42. The van der Waals surface area contributed by atoms with Gasteiger partial charge in [-0.15, -0.1) is 0 Å². The van der Waals surface area contributed by atoms with Crippen LogP contribution in [-0.4, -0.2) is 29.3 Å². The van der Waals surface area contributed by atoms with Crippen LogP contribution >= 0.6 is 0 Å². The third kappa shape index (κ3) is 419. The molecule has 96 valence electrons. The van der Waals surface area contributed by atoms with Crippen LogP contribution in [0.2, 0.25) is 0 Å². The Bertz CT molecular complexity index is 70.4. The minimum absolute atomic E-state index is 0. The van der Waals surface area contributed by atoms with Crippen molar-refractivity contribution >= 4 is 29.3 Å². The van der Waals surface area contributed by atoms with E-state index in [0.717, 1.165) is 0 Å². The molecule has 0 heterocycles. The van der Waals surface area contributed by atoms with Gasteiger partial charge in [-0.25, -0.2) is 0 Å². The predicted molar refractivity (Wildman–Crippen MR) is 23.0 cm³/mol. The summed E-state index contributed by atoms with van der Waals surface area (Å²) in [6.07, 6.45) is 0. The van der Waals surface area contributed by atoms with Gasteiger partial charge in [-0.1, -0.05) is 0 Å². The summed E-state index contributed by atoms with van der Waals surface area (Å²) in [6, 6.07) is 0. The maximum absolute atomic E-state index is 8.42. The third-order valence-electron chi connectivity index (χ3n) is 0. The zero-order chi connectivity index (χ0) is 14.3. The molecule has 0 aromatic carbocycles. The van der Waals surface area contributed by atoms with Gasteiger partial charge >= 0.3 is 165 Å². The average molecular weight is 799 g/mol. The van der Waals surface area contributed by atoms with E-state index in [1.54, 1.807) is 0 Å². The van der Waals surface area contributed by atoms with Crippen molar-refractivity contribution in [2.24, 2.45) is 0 Å². The molecule has 0 aromatic heterocycles. The molecule has 0 N–H and O–H groups in total. The van der Waals surface area contributed by atoms with Gasteiger partial charge in [0.25, 0.3) is 0 Å². The van der Waals surface area contributed by atoms with Crippen LogP contribution in [0.25, 0.3) is 0 Å². The van der Waals surface area contributed by atoms with Crippen LogP contribution in [-0.2, 0) is 0 Å². The summed E-state index contributed by atoms with van der Waals surface area (Å²) in [6.45, 7) is 0. The normalized spacial score (nSPS) is 5.40. The minimum atomic E-state index is -2.92. The largest absolute Gasteiger partial charge is 3.00 e. The Morgan fingerprint density at radius 3 is 0.250 bits per heavy atom. The molecule has 12 nitrogen and oxygen atoms in total. The van der Waals surface area contributed by atoms with Crippen LogP contribution in [0.5, 0.6) is 0 Å². The van der Waals surface area contributed by atoms with Crippen LogP contribution in [0.3, 0.4) is 0 Å². The summed E-state index contributed by atoms with van der Waals surface area (Å²) in [5.74, 6) is 0. The molecular formula is B4O12Pr4. The van der Waals surface area contributed by atoms with E-state index in [1.165, 1.54) is 0 Å². The fourth-order valence-electron chi connectivity index (χ4n) is 0. The van der Waals surface area contributed by atoms with Crippen molar-refractivity contribution < 1.29 is 225 Å². The smallest absolute Gasteiger partial charge is 0.907 e. The Hall–Kier alpha value is 5.23. The summed E-state index contributed by atoms with van der Waals surface area (Å²) in [7, 11) is -11.7. The number of hydrogen-bond donors (Lipinski definition) is 0. The monoisotopic (exact) mass is 800 g/mol. The Balaban J connectivity index is -0.0000000150. The predicted octanol–water partition coefficient (Wildman–Crippen LogP) is -15.8. The zero-order valence-corrected chi connectivity index (χ0v) is 24.3. The van der Waals surface area contributed by atoms with Gasteiger partial charge in [0.2, 0.25) is 0 Å². The van der Waals surface area contributed by atoms with Crippen LogP contribution in [0, 0.1) is 165 Å². The van der Waals surface area contributed by atoms with Gasteiger partial charge < -0.3 is 60.3 Å². The van der Waals surface area contributed by atoms with E-state index in [-0.39, 0.29) is 165 Å². The van der Waals surface area contributed by atoms with Gasteiger partial charge in [-0.05, 0) is 0 Å². The van der Waals surface area contributed by atoms with Gasteiger partial charge in [0, 0.05) is 0 Å². The molecule has 0 aromatic rings.